The molecule has 3 amide bonds. The van der Waals surface area contributed by atoms with E-state index in [1.54, 1.807) is 52.4 Å². The first-order valence-electron chi connectivity index (χ1n) is 14.9. The van der Waals surface area contributed by atoms with Crippen molar-refractivity contribution >= 4 is 68.2 Å². The Balaban J connectivity index is 1.07. The maximum atomic E-state index is 13.6. The van der Waals surface area contributed by atoms with Crippen LogP contribution in [0.4, 0.5) is 11.6 Å². The molecule has 5 aromatic rings. The number of fused-ring (bicyclic) bond motifs is 1. The Morgan fingerprint density at radius 1 is 1.07 bits per heavy atom. The number of rotatable bonds is 9. The summed E-state index contributed by atoms with van der Waals surface area (Å²) in [5.41, 5.74) is 4.67. The Bertz CT molecular complexity index is 1990. The molecule has 0 spiro atoms. The Kier molecular flexibility index (Phi) is 7.79. The van der Waals surface area contributed by atoms with Gasteiger partial charge in [-0.25, -0.2) is 4.98 Å². The summed E-state index contributed by atoms with van der Waals surface area (Å²) in [6.45, 7) is 2.16. The first-order chi connectivity index (χ1) is 22.2. The molecule has 3 aromatic carbocycles. The van der Waals surface area contributed by atoms with E-state index in [2.05, 4.69) is 28.9 Å². The summed E-state index contributed by atoms with van der Waals surface area (Å²) in [6.07, 6.45) is 1.61. The first kappa shape index (κ1) is 29.7. The summed E-state index contributed by atoms with van der Waals surface area (Å²) in [4.78, 5) is 47.9. The molecule has 2 N–H and O–H groups in total. The fourth-order valence-corrected chi connectivity index (χ4v) is 6.99. The smallest absolute Gasteiger partial charge is 0.307 e. The van der Waals surface area contributed by atoms with Crippen LogP contribution in [-0.2, 0) is 23.2 Å². The molecule has 232 valence electrons. The summed E-state index contributed by atoms with van der Waals surface area (Å²) < 4.78 is 8.05. The van der Waals surface area contributed by atoms with Crippen LogP contribution in [0.3, 0.4) is 0 Å². The molecule has 1 aliphatic heterocycles. The van der Waals surface area contributed by atoms with Gasteiger partial charge in [0.2, 0.25) is 11.2 Å². The summed E-state index contributed by atoms with van der Waals surface area (Å²) in [5, 5.41) is 10.9. The number of thiazole rings is 1. The lowest BCUT2D eigenvalue weighted by Gasteiger charge is -2.22. The highest BCUT2D eigenvalue weighted by Crippen LogP contribution is 2.35. The minimum atomic E-state index is -0.828. The monoisotopic (exact) mass is 652 g/mol. The molecule has 1 aliphatic carbocycles. The van der Waals surface area contributed by atoms with Gasteiger partial charge in [0.1, 0.15) is 17.6 Å². The maximum Gasteiger partial charge on any atom is 0.307 e. The van der Waals surface area contributed by atoms with Crippen molar-refractivity contribution in [3.8, 4) is 10.6 Å². The van der Waals surface area contributed by atoms with Crippen LogP contribution >= 0.6 is 23.6 Å². The van der Waals surface area contributed by atoms with E-state index >= 15 is 0 Å². The molecular formula is C33H30N7O4S2+. The van der Waals surface area contributed by atoms with E-state index in [-0.39, 0.29) is 42.6 Å². The fraction of sp³-hybridized carbons (Fsp3) is 0.242. The molecule has 0 bridgehead atoms. The van der Waals surface area contributed by atoms with Crippen molar-refractivity contribution in [2.45, 2.75) is 44.8 Å². The number of carbonyl (C=O) groups is 3. The minimum Gasteiger partial charge on any atom is -0.326 e. The summed E-state index contributed by atoms with van der Waals surface area (Å²) in [6, 6.07) is 21.7. The van der Waals surface area contributed by atoms with Gasteiger partial charge in [-0.1, -0.05) is 24.3 Å². The number of benzene rings is 3. The average Bonchev–Trinajstić information content (AvgIpc) is 3.64. The zero-order valence-corrected chi connectivity index (χ0v) is 26.7. The van der Waals surface area contributed by atoms with Gasteiger partial charge in [0.15, 0.2) is 12.2 Å². The van der Waals surface area contributed by atoms with E-state index in [1.165, 1.54) is 10.2 Å². The second-order valence-corrected chi connectivity index (χ2v) is 12.9. The van der Waals surface area contributed by atoms with Crippen LogP contribution in [0.1, 0.15) is 40.9 Å². The number of anilines is 2. The second-order valence-electron chi connectivity index (χ2n) is 11.5. The zero-order chi connectivity index (χ0) is 31.9. The molecule has 1 saturated heterocycles. The van der Waals surface area contributed by atoms with Gasteiger partial charge in [-0.15, -0.1) is 11.3 Å². The average molecular weight is 653 g/mol. The van der Waals surface area contributed by atoms with E-state index in [9.17, 15) is 14.4 Å². The van der Waals surface area contributed by atoms with Crippen molar-refractivity contribution in [2.24, 2.45) is 7.05 Å². The van der Waals surface area contributed by atoms with Gasteiger partial charge in [-0.3, -0.25) is 29.1 Å². The predicted octanol–water partition coefficient (Wildman–Crippen LogP) is 4.83. The third kappa shape index (κ3) is 5.86. The molecule has 2 aromatic heterocycles. The van der Waals surface area contributed by atoms with Crippen LogP contribution in [0.5, 0.6) is 0 Å². The van der Waals surface area contributed by atoms with Crippen LogP contribution in [0, 0.1) is 6.92 Å². The maximum absolute atomic E-state index is 13.6. The number of aromatic nitrogens is 3. The molecule has 2 fully saturated rings. The molecule has 2 aliphatic rings. The van der Waals surface area contributed by atoms with Crippen molar-refractivity contribution in [3.63, 3.8) is 0 Å². The number of nitrogens with one attached hydrogen (secondary N) is 2. The van der Waals surface area contributed by atoms with E-state index in [4.69, 9.17) is 21.7 Å². The molecule has 13 heteroatoms. The summed E-state index contributed by atoms with van der Waals surface area (Å²) >= 11 is 7.40. The number of hydrogen-bond acceptors (Lipinski definition) is 8. The molecule has 7 rings (SSSR count). The Morgan fingerprint density at radius 3 is 2.57 bits per heavy atom. The van der Waals surface area contributed by atoms with Crippen molar-refractivity contribution in [1.29, 1.82) is 0 Å². The second kappa shape index (κ2) is 12.1. The lowest BCUT2D eigenvalue weighted by atomic mass is 10.1. The molecule has 1 saturated carbocycles. The topological polar surface area (TPSA) is 125 Å². The van der Waals surface area contributed by atoms with E-state index in [0.29, 0.717) is 22.1 Å². The van der Waals surface area contributed by atoms with Gasteiger partial charge in [-0.2, -0.15) is 0 Å². The van der Waals surface area contributed by atoms with E-state index < -0.39 is 6.04 Å². The predicted molar refractivity (Wildman–Crippen MR) is 177 cm³/mol. The van der Waals surface area contributed by atoms with Gasteiger partial charge in [-0.05, 0) is 90.8 Å². The lowest BCUT2D eigenvalue weighted by molar-refractivity contribution is -0.746. The standard InChI is InChI=1S/C33H29N7O4S2/c1-19-8-15-24-27(16-19)46-31(35-24)21-9-11-22(12-10-21)34-28(41)17-25-32(43)40(23-13-14-23)33(45)39(25)18-26-30(44-37-38(26)2)36-29(42)20-6-4-3-5-7-20/h3-12,15-16,23,25H,13-14,17-18H2,1-2H3,(H-,34,35,36,37,41,42)/p+1. The SMILES string of the molecule is Cc1ccc2nc(-c3ccc(NC(=O)CC4C(=O)N(C5CC5)C(=S)N4Cc4c(NC(=O)c5ccccc5)on[n+]4C)cc3)sc2c1. The highest BCUT2D eigenvalue weighted by molar-refractivity contribution is 7.80. The Morgan fingerprint density at radius 2 is 1.83 bits per heavy atom. The molecular weight excluding hydrogens is 623 g/mol. The summed E-state index contributed by atoms with van der Waals surface area (Å²) in [7, 11) is 1.68. The minimum absolute atomic E-state index is 0.0306. The van der Waals surface area contributed by atoms with E-state index in [1.807, 2.05) is 42.5 Å². The largest absolute Gasteiger partial charge is 0.326 e. The van der Waals surface area contributed by atoms with Crippen molar-refractivity contribution in [2.75, 3.05) is 10.6 Å². The van der Waals surface area contributed by atoms with Crippen LogP contribution in [0.2, 0.25) is 0 Å². The molecule has 11 nitrogen and oxygen atoms in total. The highest BCUT2D eigenvalue weighted by Gasteiger charge is 2.50. The zero-order valence-electron chi connectivity index (χ0n) is 25.1. The summed E-state index contributed by atoms with van der Waals surface area (Å²) in [5.74, 6) is -0.751. The number of amides is 3. The first-order valence-corrected chi connectivity index (χ1v) is 16.1. The molecule has 0 radical (unpaired) electrons. The Labute approximate surface area is 273 Å². The molecule has 1 atom stereocenters. The van der Waals surface area contributed by atoms with Crippen molar-refractivity contribution < 1.29 is 23.6 Å². The van der Waals surface area contributed by atoms with Gasteiger partial charge < -0.3 is 10.2 Å². The quantitative estimate of drug-likeness (QED) is 0.172. The third-order valence-electron chi connectivity index (χ3n) is 8.09. The van der Waals surface area contributed by atoms with E-state index in [0.717, 1.165) is 33.6 Å². The molecule has 1 unspecified atom stereocenters. The lowest BCUT2D eigenvalue weighted by Crippen LogP contribution is -2.43. The van der Waals surface area contributed by atoms with Crippen LogP contribution in [-0.4, -0.2) is 55.0 Å². The normalized spacial score (nSPS) is 16.3. The molecule has 3 heterocycles. The van der Waals surface area contributed by atoms with Gasteiger partial charge in [0, 0.05) is 22.9 Å². The number of thiocarbonyl (C=S) groups is 1. The number of nitrogens with zero attached hydrogens (tertiary/aromatic N) is 5. The van der Waals surface area contributed by atoms with Gasteiger partial charge in [0.25, 0.3) is 17.5 Å². The van der Waals surface area contributed by atoms with Gasteiger partial charge >= 0.3 is 5.88 Å². The Hall–Kier alpha value is -5.01. The molecule has 46 heavy (non-hydrogen) atoms. The number of hydrogen-bond donors (Lipinski definition) is 2. The van der Waals surface area contributed by atoms with Crippen LogP contribution in [0.25, 0.3) is 20.8 Å². The van der Waals surface area contributed by atoms with Crippen LogP contribution in [0.15, 0.2) is 77.3 Å². The van der Waals surface area contributed by atoms with Crippen LogP contribution < -0.4 is 15.3 Å². The van der Waals surface area contributed by atoms with Crippen molar-refractivity contribution in [3.05, 3.63) is 89.6 Å². The van der Waals surface area contributed by atoms with Crippen molar-refractivity contribution in [1.82, 2.24) is 20.1 Å². The van der Waals surface area contributed by atoms with Gasteiger partial charge in [0.05, 0.1) is 16.6 Å². The number of aryl methyl sites for hydroxylation is 2. The highest BCUT2D eigenvalue weighted by atomic mass is 32.1. The fourth-order valence-electron chi connectivity index (χ4n) is 5.49. The third-order valence-corrected chi connectivity index (χ3v) is 9.59. The number of carbonyl (C=O) groups excluding carboxylic acids is 3.